The van der Waals surface area contributed by atoms with Crippen molar-refractivity contribution >= 4 is 44.5 Å². The summed E-state index contributed by atoms with van der Waals surface area (Å²) < 4.78 is 5.84. The van der Waals surface area contributed by atoms with Gasteiger partial charge in [-0.15, -0.1) is 0 Å². The average Bonchev–Trinajstić information content (AvgIpc) is 2.71. The Bertz CT molecular complexity index is 812. The SMILES string of the molecule is Nc1cc2oc(=O)[nH]c2cc1Sc1ncccc1Br. The van der Waals surface area contributed by atoms with E-state index in [9.17, 15) is 4.79 Å². The zero-order valence-electron chi connectivity index (χ0n) is 9.51. The molecule has 0 aliphatic heterocycles. The molecule has 0 saturated carbocycles. The maximum absolute atomic E-state index is 11.1. The molecule has 7 heteroatoms. The lowest BCUT2D eigenvalue weighted by Gasteiger charge is -2.05. The molecule has 0 saturated heterocycles. The Labute approximate surface area is 120 Å². The molecule has 0 unspecified atom stereocenters. The number of halogens is 1. The van der Waals surface area contributed by atoms with Gasteiger partial charge in [0.2, 0.25) is 0 Å². The first-order valence-corrected chi connectivity index (χ1v) is 6.95. The van der Waals surface area contributed by atoms with Crippen molar-refractivity contribution in [3.63, 3.8) is 0 Å². The maximum atomic E-state index is 11.1. The topological polar surface area (TPSA) is 84.9 Å². The van der Waals surface area contributed by atoms with Crippen molar-refractivity contribution in [1.82, 2.24) is 9.97 Å². The van der Waals surface area contributed by atoms with Crippen molar-refractivity contribution in [1.29, 1.82) is 0 Å². The molecule has 0 aliphatic carbocycles. The lowest BCUT2D eigenvalue weighted by Crippen LogP contribution is -1.93. The fourth-order valence-electron chi connectivity index (χ4n) is 1.63. The van der Waals surface area contributed by atoms with Crippen LogP contribution in [0.2, 0.25) is 0 Å². The van der Waals surface area contributed by atoms with Gasteiger partial charge in [-0.3, -0.25) is 4.98 Å². The number of hydrogen-bond donors (Lipinski definition) is 2. The highest BCUT2D eigenvalue weighted by molar-refractivity contribution is 9.10. The number of nitrogens with zero attached hydrogens (tertiary/aromatic N) is 1. The third kappa shape index (κ3) is 2.39. The van der Waals surface area contributed by atoms with Crippen LogP contribution in [-0.4, -0.2) is 9.97 Å². The Morgan fingerprint density at radius 2 is 2.26 bits per heavy atom. The summed E-state index contributed by atoms with van der Waals surface area (Å²) in [7, 11) is 0. The molecule has 19 heavy (non-hydrogen) atoms. The number of anilines is 1. The summed E-state index contributed by atoms with van der Waals surface area (Å²) in [5.74, 6) is -0.490. The minimum atomic E-state index is -0.490. The van der Waals surface area contributed by atoms with E-state index in [0.717, 1.165) is 14.4 Å². The van der Waals surface area contributed by atoms with Gasteiger partial charge in [-0.2, -0.15) is 0 Å². The highest BCUT2D eigenvalue weighted by Gasteiger charge is 2.10. The van der Waals surface area contributed by atoms with E-state index >= 15 is 0 Å². The second-order valence-corrected chi connectivity index (χ2v) is 5.68. The number of hydrogen-bond acceptors (Lipinski definition) is 5. The van der Waals surface area contributed by atoms with Gasteiger partial charge in [-0.25, -0.2) is 9.78 Å². The number of nitrogens with one attached hydrogen (secondary N) is 1. The Hall–Kier alpha value is -1.73. The quantitative estimate of drug-likeness (QED) is 0.702. The van der Waals surface area contributed by atoms with Gasteiger partial charge in [0.25, 0.3) is 0 Å². The Balaban J connectivity index is 2.07. The van der Waals surface area contributed by atoms with E-state index < -0.39 is 5.76 Å². The molecular formula is C12H8BrN3O2S. The molecule has 1 aromatic carbocycles. The highest BCUT2D eigenvalue weighted by atomic mass is 79.9. The van der Waals surface area contributed by atoms with Gasteiger partial charge in [0, 0.05) is 22.8 Å². The first-order valence-electron chi connectivity index (χ1n) is 5.34. The van der Waals surface area contributed by atoms with E-state index in [1.165, 1.54) is 11.8 Å². The van der Waals surface area contributed by atoms with Crippen molar-refractivity contribution in [2.75, 3.05) is 5.73 Å². The highest BCUT2D eigenvalue weighted by Crippen LogP contribution is 2.36. The monoisotopic (exact) mass is 337 g/mol. The van der Waals surface area contributed by atoms with Crippen molar-refractivity contribution in [2.45, 2.75) is 9.92 Å². The third-order valence-electron chi connectivity index (χ3n) is 2.48. The number of aromatic nitrogens is 2. The number of nitrogen functional groups attached to an aromatic ring is 1. The minimum Gasteiger partial charge on any atom is -0.408 e. The summed E-state index contributed by atoms with van der Waals surface area (Å²) in [5.41, 5.74) is 7.56. The molecular weight excluding hydrogens is 330 g/mol. The van der Waals surface area contributed by atoms with Crippen LogP contribution >= 0.6 is 27.7 Å². The van der Waals surface area contributed by atoms with E-state index in [1.54, 1.807) is 18.3 Å². The van der Waals surface area contributed by atoms with Crippen LogP contribution in [0.1, 0.15) is 0 Å². The second kappa shape index (κ2) is 4.75. The van der Waals surface area contributed by atoms with Crippen LogP contribution in [0.25, 0.3) is 11.1 Å². The number of aromatic amines is 1. The van der Waals surface area contributed by atoms with Crippen molar-refractivity contribution in [2.24, 2.45) is 0 Å². The summed E-state index contributed by atoms with van der Waals surface area (Å²) >= 11 is 4.85. The molecule has 0 radical (unpaired) electrons. The first-order chi connectivity index (χ1) is 9.13. The largest absolute Gasteiger partial charge is 0.417 e. The van der Waals surface area contributed by atoms with Gasteiger partial charge in [0.1, 0.15) is 5.03 Å². The fourth-order valence-corrected chi connectivity index (χ4v) is 2.97. The summed E-state index contributed by atoms with van der Waals surface area (Å²) in [6.07, 6.45) is 1.71. The Morgan fingerprint density at radius 3 is 3.05 bits per heavy atom. The van der Waals surface area contributed by atoms with Gasteiger partial charge < -0.3 is 10.2 Å². The molecule has 0 aliphatic rings. The molecule has 0 spiro atoms. The standard InChI is InChI=1S/C12H8BrN3O2S/c13-6-2-1-3-15-11(6)19-10-5-8-9(4-7(10)14)18-12(17)16-8/h1-5H,14H2,(H,16,17). The number of fused-ring (bicyclic) bond motifs is 1. The molecule has 5 nitrogen and oxygen atoms in total. The summed E-state index contributed by atoms with van der Waals surface area (Å²) in [5, 5.41) is 0.805. The maximum Gasteiger partial charge on any atom is 0.417 e. The molecule has 96 valence electrons. The predicted molar refractivity (Wildman–Crippen MR) is 77.3 cm³/mol. The molecule has 0 bridgehead atoms. The lowest BCUT2D eigenvalue weighted by atomic mass is 10.3. The minimum absolute atomic E-state index is 0.451. The third-order valence-corrected chi connectivity index (χ3v) is 4.48. The molecule has 3 N–H and O–H groups in total. The van der Waals surface area contributed by atoms with Crippen LogP contribution < -0.4 is 11.5 Å². The zero-order valence-corrected chi connectivity index (χ0v) is 11.9. The van der Waals surface area contributed by atoms with E-state index in [1.807, 2.05) is 12.1 Å². The van der Waals surface area contributed by atoms with Crippen LogP contribution in [0.3, 0.4) is 0 Å². The first kappa shape index (κ1) is 12.3. The van der Waals surface area contributed by atoms with Gasteiger partial charge in [0.15, 0.2) is 5.58 Å². The molecule has 2 heterocycles. The molecule has 3 aromatic rings. The predicted octanol–water partition coefficient (Wildman–Crippen LogP) is 3.01. The number of nitrogens with two attached hydrogens (primary N) is 1. The molecule has 2 aromatic heterocycles. The Kier molecular flexibility index (Phi) is 3.08. The van der Waals surface area contributed by atoms with Crippen LogP contribution in [0, 0.1) is 0 Å². The van der Waals surface area contributed by atoms with Crippen molar-refractivity contribution in [3.05, 3.63) is 45.5 Å². The zero-order chi connectivity index (χ0) is 13.4. The van der Waals surface area contributed by atoms with Crippen LogP contribution in [0.15, 0.2) is 54.1 Å². The average molecular weight is 338 g/mol. The summed E-state index contributed by atoms with van der Waals surface area (Å²) in [6, 6.07) is 7.16. The number of pyridine rings is 1. The fraction of sp³-hybridized carbons (Fsp3) is 0. The number of H-pyrrole nitrogens is 1. The van der Waals surface area contributed by atoms with Crippen LogP contribution in [-0.2, 0) is 0 Å². The van der Waals surface area contributed by atoms with Crippen LogP contribution in [0.4, 0.5) is 5.69 Å². The van der Waals surface area contributed by atoms with Crippen molar-refractivity contribution < 1.29 is 4.42 Å². The van der Waals surface area contributed by atoms with E-state index in [0.29, 0.717) is 16.8 Å². The lowest BCUT2D eigenvalue weighted by molar-refractivity contribution is 0.555. The van der Waals surface area contributed by atoms with Gasteiger partial charge in [0.05, 0.1) is 9.99 Å². The van der Waals surface area contributed by atoms with Gasteiger partial charge in [-0.1, -0.05) is 11.8 Å². The molecule has 3 rings (SSSR count). The van der Waals surface area contributed by atoms with Gasteiger partial charge >= 0.3 is 5.76 Å². The smallest absolute Gasteiger partial charge is 0.408 e. The molecule has 0 fully saturated rings. The number of benzene rings is 1. The van der Waals surface area contributed by atoms with Crippen LogP contribution in [0.5, 0.6) is 0 Å². The molecule has 0 atom stereocenters. The van der Waals surface area contributed by atoms with E-state index in [4.69, 9.17) is 10.2 Å². The number of oxazole rings is 1. The van der Waals surface area contributed by atoms with Crippen molar-refractivity contribution in [3.8, 4) is 0 Å². The molecule has 0 amide bonds. The normalized spacial score (nSPS) is 11.0. The summed E-state index contributed by atoms with van der Waals surface area (Å²) in [6.45, 7) is 0. The van der Waals surface area contributed by atoms with E-state index in [-0.39, 0.29) is 0 Å². The Morgan fingerprint density at radius 1 is 1.42 bits per heavy atom. The van der Waals surface area contributed by atoms with Gasteiger partial charge in [-0.05, 0) is 34.1 Å². The number of rotatable bonds is 2. The second-order valence-electron chi connectivity index (χ2n) is 3.79. The van der Waals surface area contributed by atoms with E-state index in [2.05, 4.69) is 25.9 Å². The summed E-state index contributed by atoms with van der Waals surface area (Å²) in [4.78, 5) is 18.8.